The Balaban J connectivity index is 1.88. The molecule has 4 aromatic rings. The molecule has 0 unspecified atom stereocenters. The first-order chi connectivity index (χ1) is 13.7. The van der Waals surface area contributed by atoms with Crippen LogP contribution >= 0.6 is 0 Å². The summed E-state index contributed by atoms with van der Waals surface area (Å²) in [4.78, 5) is 22.0. The molecule has 6 heteroatoms. The summed E-state index contributed by atoms with van der Waals surface area (Å²) < 4.78 is 10.1. The lowest BCUT2D eigenvalue weighted by molar-refractivity contribution is -0.133. The topological polar surface area (TPSA) is 61.4 Å². The highest BCUT2D eigenvalue weighted by molar-refractivity contribution is 6.01. The van der Waals surface area contributed by atoms with Crippen molar-refractivity contribution in [1.82, 2.24) is 18.9 Å². The number of hydrogen-bond donors (Lipinski definition) is 0. The molecule has 28 heavy (non-hydrogen) atoms. The smallest absolute Gasteiger partial charge is 0.310 e. The fourth-order valence-electron chi connectivity index (χ4n) is 4.41. The van der Waals surface area contributed by atoms with Crippen molar-refractivity contribution in [2.75, 3.05) is 0 Å². The van der Waals surface area contributed by atoms with E-state index in [0.29, 0.717) is 18.2 Å². The minimum Gasteiger partial charge on any atom is -0.424 e. The average molecular weight is 376 g/mol. The Labute approximate surface area is 163 Å². The van der Waals surface area contributed by atoms with Crippen LogP contribution in [0.3, 0.4) is 0 Å². The summed E-state index contributed by atoms with van der Waals surface area (Å²) in [5.41, 5.74) is 3.65. The Hall–Kier alpha value is -2.89. The van der Waals surface area contributed by atoms with Crippen molar-refractivity contribution in [2.24, 2.45) is 0 Å². The Morgan fingerprint density at radius 2 is 1.93 bits per heavy atom. The second-order valence-electron chi connectivity index (χ2n) is 7.51. The van der Waals surface area contributed by atoms with Gasteiger partial charge >= 0.3 is 5.97 Å². The van der Waals surface area contributed by atoms with E-state index in [9.17, 15) is 4.79 Å². The second-order valence-corrected chi connectivity index (χ2v) is 7.51. The van der Waals surface area contributed by atoms with Crippen LogP contribution in [-0.2, 0) is 11.2 Å². The molecule has 0 atom stereocenters. The van der Waals surface area contributed by atoms with Gasteiger partial charge < -0.3 is 9.30 Å². The first-order valence-corrected chi connectivity index (χ1v) is 10.2. The van der Waals surface area contributed by atoms with Crippen LogP contribution in [0.25, 0.3) is 27.7 Å². The Morgan fingerprint density at radius 3 is 2.68 bits per heavy atom. The third-order valence-electron chi connectivity index (χ3n) is 5.80. The molecule has 0 spiro atoms. The number of aryl methyl sites for hydroxylation is 1. The number of fused-ring (bicyclic) bond motifs is 5. The molecule has 0 amide bonds. The lowest BCUT2D eigenvalue weighted by atomic mass is 10.2. The van der Waals surface area contributed by atoms with Gasteiger partial charge in [-0.3, -0.25) is 9.20 Å². The zero-order valence-electron chi connectivity index (χ0n) is 16.3. The first kappa shape index (κ1) is 17.2. The molecule has 0 N–H and O–H groups in total. The van der Waals surface area contributed by atoms with Gasteiger partial charge in [0.15, 0.2) is 11.4 Å². The Bertz CT molecular complexity index is 1200. The summed E-state index contributed by atoms with van der Waals surface area (Å²) in [6, 6.07) is 8.49. The molecule has 1 fully saturated rings. The van der Waals surface area contributed by atoms with E-state index in [1.54, 1.807) is 0 Å². The molecule has 1 aliphatic carbocycles. The van der Waals surface area contributed by atoms with Gasteiger partial charge in [-0.2, -0.15) is 0 Å². The molecular formula is C22H24N4O2. The first-order valence-electron chi connectivity index (χ1n) is 10.2. The molecule has 6 nitrogen and oxygen atoms in total. The largest absolute Gasteiger partial charge is 0.424 e. The minimum absolute atomic E-state index is 0.237. The number of nitrogens with zero attached hydrogens (tertiary/aromatic N) is 4. The van der Waals surface area contributed by atoms with E-state index in [0.717, 1.165) is 52.8 Å². The zero-order chi connectivity index (χ0) is 19.3. The molecule has 1 saturated carbocycles. The van der Waals surface area contributed by atoms with Gasteiger partial charge in [0.25, 0.3) is 0 Å². The number of aromatic nitrogens is 4. The zero-order valence-corrected chi connectivity index (χ0v) is 16.3. The number of carbonyl (C=O) groups excluding carboxylic acids is 1. The van der Waals surface area contributed by atoms with Gasteiger partial charge in [-0.1, -0.05) is 38.8 Å². The lowest BCUT2D eigenvalue weighted by Gasteiger charge is -2.13. The van der Waals surface area contributed by atoms with Crippen molar-refractivity contribution in [3.8, 4) is 5.75 Å². The average Bonchev–Trinajstić information content (AvgIpc) is 3.44. The SMILES string of the molecule is CCC(=O)Oc1cn(C2CCCC2)c2nc(CC)n3c4ccccc4nc3c12. The number of hydrogen-bond acceptors (Lipinski definition) is 4. The van der Waals surface area contributed by atoms with Crippen LogP contribution in [0.2, 0.25) is 0 Å². The van der Waals surface area contributed by atoms with E-state index < -0.39 is 0 Å². The van der Waals surface area contributed by atoms with Crippen LogP contribution in [0.1, 0.15) is 57.8 Å². The van der Waals surface area contributed by atoms with Gasteiger partial charge in [0, 0.05) is 25.1 Å². The van der Waals surface area contributed by atoms with E-state index in [1.807, 2.05) is 31.3 Å². The molecule has 0 saturated heterocycles. The maximum Gasteiger partial charge on any atom is 0.310 e. The van der Waals surface area contributed by atoms with E-state index in [2.05, 4.69) is 22.0 Å². The maximum atomic E-state index is 12.1. The highest BCUT2D eigenvalue weighted by atomic mass is 16.5. The highest BCUT2D eigenvalue weighted by Gasteiger charge is 2.26. The fraction of sp³-hybridized carbons (Fsp3) is 0.409. The monoisotopic (exact) mass is 376 g/mol. The molecule has 0 radical (unpaired) electrons. The Kier molecular flexibility index (Phi) is 4.07. The van der Waals surface area contributed by atoms with Crippen LogP contribution in [-0.4, -0.2) is 24.9 Å². The third kappa shape index (κ3) is 2.51. The van der Waals surface area contributed by atoms with Crippen molar-refractivity contribution in [1.29, 1.82) is 0 Å². The molecule has 0 bridgehead atoms. The van der Waals surface area contributed by atoms with Crippen molar-refractivity contribution in [3.63, 3.8) is 0 Å². The summed E-state index contributed by atoms with van der Waals surface area (Å²) >= 11 is 0. The summed E-state index contributed by atoms with van der Waals surface area (Å²) in [5.74, 6) is 1.31. The number of rotatable bonds is 4. The summed E-state index contributed by atoms with van der Waals surface area (Å²) in [6.45, 7) is 3.93. The van der Waals surface area contributed by atoms with Crippen molar-refractivity contribution in [3.05, 3.63) is 36.3 Å². The predicted octanol–water partition coefficient (Wildman–Crippen LogP) is 4.83. The van der Waals surface area contributed by atoms with E-state index in [1.165, 1.54) is 12.8 Å². The van der Waals surface area contributed by atoms with Crippen molar-refractivity contribution >= 4 is 33.7 Å². The highest BCUT2D eigenvalue weighted by Crippen LogP contribution is 2.39. The molecule has 1 aliphatic rings. The standard InChI is InChI=1S/C22H24N4O2/c1-3-18-24-21-20(22-23-15-11-7-8-12-16(15)26(18)22)17(28-19(27)4-2)13-25(21)14-9-5-6-10-14/h7-8,11-14H,3-6,9-10H2,1-2H3. The lowest BCUT2D eigenvalue weighted by Crippen LogP contribution is -2.07. The van der Waals surface area contributed by atoms with Crippen LogP contribution in [0.5, 0.6) is 5.75 Å². The normalized spacial score (nSPS) is 15.2. The third-order valence-corrected chi connectivity index (χ3v) is 5.80. The van der Waals surface area contributed by atoms with E-state index >= 15 is 0 Å². The van der Waals surface area contributed by atoms with Gasteiger partial charge in [-0.15, -0.1) is 0 Å². The predicted molar refractivity (Wildman–Crippen MR) is 109 cm³/mol. The molecular weight excluding hydrogens is 352 g/mol. The van der Waals surface area contributed by atoms with Gasteiger partial charge in [-0.25, -0.2) is 9.97 Å². The van der Waals surface area contributed by atoms with Crippen LogP contribution in [0, 0.1) is 0 Å². The van der Waals surface area contributed by atoms with Gasteiger partial charge in [0.2, 0.25) is 0 Å². The van der Waals surface area contributed by atoms with Crippen LogP contribution in [0.15, 0.2) is 30.5 Å². The summed E-state index contributed by atoms with van der Waals surface area (Å²) in [7, 11) is 0. The molecule has 3 aromatic heterocycles. The van der Waals surface area contributed by atoms with Crippen molar-refractivity contribution in [2.45, 2.75) is 58.4 Å². The number of imidazole rings is 1. The maximum absolute atomic E-state index is 12.1. The molecule has 144 valence electrons. The van der Waals surface area contributed by atoms with Gasteiger partial charge in [0.1, 0.15) is 16.9 Å². The molecule has 0 aliphatic heterocycles. The fourth-order valence-corrected chi connectivity index (χ4v) is 4.41. The summed E-state index contributed by atoms with van der Waals surface area (Å²) in [6.07, 6.45) is 7.83. The van der Waals surface area contributed by atoms with E-state index in [4.69, 9.17) is 14.7 Å². The summed E-state index contributed by atoms with van der Waals surface area (Å²) in [5, 5.41) is 0.835. The Morgan fingerprint density at radius 1 is 1.14 bits per heavy atom. The molecule has 5 rings (SSSR count). The number of ether oxygens (including phenoxy) is 1. The van der Waals surface area contributed by atoms with Gasteiger partial charge in [-0.05, 0) is 25.0 Å². The van der Waals surface area contributed by atoms with Crippen molar-refractivity contribution < 1.29 is 9.53 Å². The number of esters is 1. The molecule has 1 aromatic carbocycles. The van der Waals surface area contributed by atoms with Gasteiger partial charge in [0.05, 0.1) is 11.0 Å². The second kappa shape index (κ2) is 6.62. The number of benzene rings is 1. The molecule has 3 heterocycles. The van der Waals surface area contributed by atoms with Crippen LogP contribution < -0.4 is 4.74 Å². The van der Waals surface area contributed by atoms with Crippen LogP contribution in [0.4, 0.5) is 0 Å². The number of carbonyl (C=O) groups is 1. The number of para-hydroxylation sites is 2. The minimum atomic E-state index is -0.237. The quantitative estimate of drug-likeness (QED) is 0.479. The van der Waals surface area contributed by atoms with E-state index in [-0.39, 0.29) is 5.97 Å².